The van der Waals surface area contributed by atoms with Crippen molar-refractivity contribution >= 4 is 17.7 Å². The molecule has 1 aromatic rings. The minimum absolute atomic E-state index is 0.181. The highest BCUT2D eigenvalue weighted by Gasteiger charge is 2.41. The van der Waals surface area contributed by atoms with E-state index in [4.69, 9.17) is 0 Å². The maximum atomic E-state index is 11.9. The zero-order chi connectivity index (χ0) is 14.6. The molecule has 1 saturated carbocycles. The Kier molecular flexibility index (Phi) is 4.27. The van der Waals surface area contributed by atoms with Gasteiger partial charge >= 0.3 is 12.0 Å². The van der Waals surface area contributed by atoms with E-state index in [0.29, 0.717) is 12.8 Å². The monoisotopic (exact) mass is 276 g/mol. The number of carboxylic acid groups (broad SMARTS) is 1. The van der Waals surface area contributed by atoms with Crippen molar-refractivity contribution in [3.8, 4) is 0 Å². The van der Waals surface area contributed by atoms with Gasteiger partial charge in [-0.2, -0.15) is 0 Å². The topological polar surface area (TPSA) is 78.4 Å². The van der Waals surface area contributed by atoms with Crippen LogP contribution in [-0.2, 0) is 4.79 Å². The van der Waals surface area contributed by atoms with Gasteiger partial charge in [0.15, 0.2) is 0 Å². The number of aryl methyl sites for hydroxylation is 1. The molecule has 1 aliphatic carbocycles. The van der Waals surface area contributed by atoms with Crippen LogP contribution in [0.4, 0.5) is 10.5 Å². The number of carboxylic acids is 1. The van der Waals surface area contributed by atoms with Crippen molar-refractivity contribution in [1.29, 1.82) is 0 Å². The molecule has 1 fully saturated rings. The molecule has 1 aromatic carbocycles. The first-order valence-electron chi connectivity index (χ1n) is 6.87. The summed E-state index contributed by atoms with van der Waals surface area (Å²) in [5.41, 5.74) is 0.917. The van der Waals surface area contributed by atoms with Crippen LogP contribution in [0, 0.1) is 12.3 Å². The van der Waals surface area contributed by atoms with E-state index in [1.165, 1.54) is 0 Å². The van der Waals surface area contributed by atoms with Gasteiger partial charge in [-0.15, -0.1) is 0 Å². The minimum atomic E-state index is -0.814. The summed E-state index contributed by atoms with van der Waals surface area (Å²) < 4.78 is 0. The standard InChI is InChI=1S/C15H20N2O3/c1-11-6-2-3-7-12(11)17-14(20)16-10-15(13(18)19)8-4-5-9-15/h2-3,6-7H,4-5,8-10H2,1H3,(H,18,19)(H2,16,17,20). The quantitative estimate of drug-likeness (QED) is 0.791. The Balaban J connectivity index is 1.92. The summed E-state index contributed by atoms with van der Waals surface area (Å²) >= 11 is 0. The zero-order valence-corrected chi connectivity index (χ0v) is 11.6. The van der Waals surface area contributed by atoms with Crippen LogP contribution in [-0.4, -0.2) is 23.7 Å². The summed E-state index contributed by atoms with van der Waals surface area (Å²) in [7, 11) is 0. The van der Waals surface area contributed by atoms with E-state index in [9.17, 15) is 14.7 Å². The van der Waals surface area contributed by atoms with Crippen molar-refractivity contribution in [2.45, 2.75) is 32.6 Å². The highest BCUT2D eigenvalue weighted by atomic mass is 16.4. The lowest BCUT2D eigenvalue weighted by Crippen LogP contribution is -2.42. The molecule has 0 saturated heterocycles. The lowest BCUT2D eigenvalue weighted by molar-refractivity contribution is -0.148. The summed E-state index contributed by atoms with van der Waals surface area (Å²) in [6, 6.07) is 7.11. The van der Waals surface area contributed by atoms with Crippen LogP contribution in [0.15, 0.2) is 24.3 Å². The van der Waals surface area contributed by atoms with Crippen LogP contribution in [0.1, 0.15) is 31.2 Å². The number of carbonyl (C=O) groups excluding carboxylic acids is 1. The second-order valence-electron chi connectivity index (χ2n) is 5.42. The lowest BCUT2D eigenvalue weighted by Gasteiger charge is -2.24. The predicted octanol–water partition coefficient (Wildman–Crippen LogP) is 2.76. The summed E-state index contributed by atoms with van der Waals surface area (Å²) in [5.74, 6) is -0.814. The fourth-order valence-electron chi connectivity index (χ4n) is 2.65. The Bertz CT molecular complexity index is 508. The Morgan fingerprint density at radius 3 is 2.50 bits per heavy atom. The van der Waals surface area contributed by atoms with Crippen molar-refractivity contribution in [3.63, 3.8) is 0 Å². The number of carbonyl (C=O) groups is 2. The number of hydrogen-bond donors (Lipinski definition) is 3. The van der Waals surface area contributed by atoms with E-state index in [-0.39, 0.29) is 12.6 Å². The average Bonchev–Trinajstić information content (AvgIpc) is 2.89. The van der Waals surface area contributed by atoms with Gasteiger partial charge in [0.05, 0.1) is 5.41 Å². The molecule has 0 aromatic heterocycles. The van der Waals surface area contributed by atoms with Crippen molar-refractivity contribution in [3.05, 3.63) is 29.8 Å². The summed E-state index contributed by atoms with van der Waals surface area (Å²) in [6.45, 7) is 2.09. The molecule has 0 heterocycles. The molecule has 0 unspecified atom stereocenters. The van der Waals surface area contributed by atoms with Gasteiger partial charge in [0.25, 0.3) is 0 Å². The number of urea groups is 1. The molecule has 5 heteroatoms. The summed E-state index contributed by atoms with van der Waals surface area (Å²) in [6.07, 6.45) is 3.08. The number of hydrogen-bond acceptors (Lipinski definition) is 2. The number of nitrogens with one attached hydrogen (secondary N) is 2. The van der Waals surface area contributed by atoms with Gasteiger partial charge in [-0.25, -0.2) is 4.79 Å². The van der Waals surface area contributed by atoms with Crippen molar-refractivity contribution in [2.75, 3.05) is 11.9 Å². The zero-order valence-electron chi connectivity index (χ0n) is 11.6. The van der Waals surface area contributed by atoms with Gasteiger partial charge in [-0.3, -0.25) is 4.79 Å². The number of aliphatic carboxylic acids is 1. The Labute approximate surface area is 118 Å². The average molecular weight is 276 g/mol. The van der Waals surface area contributed by atoms with E-state index in [1.807, 2.05) is 31.2 Å². The molecule has 2 rings (SSSR count). The lowest BCUT2D eigenvalue weighted by atomic mass is 9.86. The van der Waals surface area contributed by atoms with Crippen LogP contribution >= 0.6 is 0 Å². The van der Waals surface area contributed by atoms with E-state index in [2.05, 4.69) is 10.6 Å². The fourth-order valence-corrected chi connectivity index (χ4v) is 2.65. The van der Waals surface area contributed by atoms with Gasteiger partial charge in [-0.05, 0) is 31.4 Å². The first kappa shape index (κ1) is 14.4. The van der Waals surface area contributed by atoms with Crippen molar-refractivity contribution < 1.29 is 14.7 Å². The second kappa shape index (κ2) is 5.94. The summed E-state index contributed by atoms with van der Waals surface area (Å²) in [4.78, 5) is 23.2. The number of amides is 2. The van der Waals surface area contributed by atoms with Gasteiger partial charge in [-0.1, -0.05) is 31.0 Å². The van der Waals surface area contributed by atoms with Crippen LogP contribution in [0.3, 0.4) is 0 Å². The summed E-state index contributed by atoms with van der Waals surface area (Å²) in [5, 5.41) is 14.8. The second-order valence-corrected chi connectivity index (χ2v) is 5.42. The molecule has 1 aliphatic rings. The highest BCUT2D eigenvalue weighted by Crippen LogP contribution is 2.37. The number of para-hydroxylation sites is 1. The van der Waals surface area contributed by atoms with E-state index in [0.717, 1.165) is 24.1 Å². The molecule has 0 radical (unpaired) electrons. The Morgan fingerprint density at radius 2 is 1.90 bits per heavy atom. The largest absolute Gasteiger partial charge is 0.481 e. The molecule has 0 spiro atoms. The first-order valence-corrected chi connectivity index (χ1v) is 6.87. The van der Waals surface area contributed by atoms with Crippen LogP contribution in [0.25, 0.3) is 0 Å². The molecular formula is C15H20N2O3. The molecule has 0 atom stereocenters. The fraction of sp³-hybridized carbons (Fsp3) is 0.467. The van der Waals surface area contributed by atoms with Crippen molar-refractivity contribution in [1.82, 2.24) is 5.32 Å². The normalized spacial score (nSPS) is 16.6. The predicted molar refractivity (Wildman–Crippen MR) is 76.7 cm³/mol. The molecule has 20 heavy (non-hydrogen) atoms. The van der Waals surface area contributed by atoms with Gasteiger partial charge in [0, 0.05) is 12.2 Å². The third kappa shape index (κ3) is 3.10. The molecular weight excluding hydrogens is 256 g/mol. The van der Waals surface area contributed by atoms with E-state index >= 15 is 0 Å². The Hall–Kier alpha value is -2.04. The van der Waals surface area contributed by atoms with Gasteiger partial charge in [0.1, 0.15) is 0 Å². The SMILES string of the molecule is Cc1ccccc1NC(=O)NCC1(C(=O)O)CCCC1. The maximum Gasteiger partial charge on any atom is 0.319 e. The number of rotatable bonds is 4. The number of anilines is 1. The molecule has 0 aliphatic heterocycles. The van der Waals surface area contributed by atoms with Crippen molar-refractivity contribution in [2.24, 2.45) is 5.41 Å². The minimum Gasteiger partial charge on any atom is -0.481 e. The first-order chi connectivity index (χ1) is 9.53. The highest BCUT2D eigenvalue weighted by molar-refractivity contribution is 5.90. The van der Waals surface area contributed by atoms with Gasteiger partial charge in [0.2, 0.25) is 0 Å². The number of benzene rings is 1. The smallest absolute Gasteiger partial charge is 0.319 e. The van der Waals surface area contributed by atoms with E-state index in [1.54, 1.807) is 0 Å². The molecule has 2 amide bonds. The third-order valence-electron chi connectivity index (χ3n) is 3.99. The molecule has 108 valence electrons. The van der Waals surface area contributed by atoms with E-state index < -0.39 is 11.4 Å². The van der Waals surface area contributed by atoms with Gasteiger partial charge < -0.3 is 15.7 Å². The third-order valence-corrected chi connectivity index (χ3v) is 3.99. The van der Waals surface area contributed by atoms with Crippen LogP contribution in [0.2, 0.25) is 0 Å². The Morgan fingerprint density at radius 1 is 1.25 bits per heavy atom. The molecule has 0 bridgehead atoms. The molecule has 5 nitrogen and oxygen atoms in total. The maximum absolute atomic E-state index is 11.9. The van der Waals surface area contributed by atoms with Crippen LogP contribution < -0.4 is 10.6 Å². The molecule has 3 N–H and O–H groups in total. The van der Waals surface area contributed by atoms with Crippen LogP contribution in [0.5, 0.6) is 0 Å².